The number of ether oxygens (including phenoxy) is 1. The number of hydrogen-bond acceptors (Lipinski definition) is 4. The molecular formula is C17H15N3O2Se. The summed E-state index contributed by atoms with van der Waals surface area (Å²) in [6.07, 6.45) is 1.61. The minimum atomic E-state index is -0.454. The molecule has 0 aliphatic rings. The maximum absolute atomic E-state index is 11.7. The zero-order valence-electron chi connectivity index (χ0n) is 12.5. The van der Waals surface area contributed by atoms with Gasteiger partial charge in [-0.15, -0.1) is 0 Å². The second-order valence-electron chi connectivity index (χ2n) is 4.65. The predicted octanol–water partition coefficient (Wildman–Crippen LogP) is 1.10. The third-order valence-electron chi connectivity index (χ3n) is 3.06. The van der Waals surface area contributed by atoms with Crippen LogP contribution in [0.1, 0.15) is 17.4 Å². The molecule has 0 unspecified atom stereocenters. The van der Waals surface area contributed by atoms with Crippen LogP contribution < -0.4 is 8.92 Å². The third kappa shape index (κ3) is 3.67. The number of rotatable bonds is 5. The van der Waals surface area contributed by atoms with Gasteiger partial charge in [0.2, 0.25) is 0 Å². The Morgan fingerprint density at radius 3 is 2.65 bits per heavy atom. The van der Waals surface area contributed by atoms with Gasteiger partial charge in [-0.05, 0) is 0 Å². The van der Waals surface area contributed by atoms with E-state index in [0.29, 0.717) is 6.61 Å². The van der Waals surface area contributed by atoms with Crippen molar-refractivity contribution >= 4 is 29.8 Å². The first-order chi connectivity index (χ1) is 11.3. The molecule has 116 valence electrons. The zero-order chi connectivity index (χ0) is 16.1. The van der Waals surface area contributed by atoms with Crippen LogP contribution in [-0.2, 0) is 4.74 Å². The quantitative estimate of drug-likeness (QED) is 0.497. The molecule has 0 amide bonds. The van der Waals surface area contributed by atoms with Crippen LogP contribution in [0.4, 0.5) is 0 Å². The van der Waals surface area contributed by atoms with Crippen molar-refractivity contribution in [2.75, 3.05) is 6.61 Å². The molecule has 0 radical (unpaired) electrons. The molecule has 0 bridgehead atoms. The van der Waals surface area contributed by atoms with Gasteiger partial charge in [0.1, 0.15) is 0 Å². The monoisotopic (exact) mass is 373 g/mol. The van der Waals surface area contributed by atoms with E-state index in [-0.39, 0.29) is 20.7 Å². The summed E-state index contributed by atoms with van der Waals surface area (Å²) in [6, 6.07) is 18.3. The number of aromatic nitrogens is 3. The molecule has 0 N–H and O–H groups in total. The van der Waals surface area contributed by atoms with Crippen LogP contribution in [0.25, 0.3) is 5.69 Å². The van der Waals surface area contributed by atoms with Crippen LogP contribution in [0.3, 0.4) is 0 Å². The van der Waals surface area contributed by atoms with Gasteiger partial charge in [-0.3, -0.25) is 0 Å². The van der Waals surface area contributed by atoms with Crippen molar-refractivity contribution in [2.45, 2.75) is 6.92 Å². The van der Waals surface area contributed by atoms with Gasteiger partial charge in [-0.1, -0.05) is 0 Å². The van der Waals surface area contributed by atoms with Gasteiger partial charge in [0.25, 0.3) is 0 Å². The Balaban J connectivity index is 1.90. The number of hydrogen-bond donors (Lipinski definition) is 0. The molecule has 6 heteroatoms. The summed E-state index contributed by atoms with van der Waals surface area (Å²) in [5.74, 6) is -0.454. The van der Waals surface area contributed by atoms with Crippen LogP contribution in [0.15, 0.2) is 60.8 Å². The zero-order valence-corrected chi connectivity index (χ0v) is 14.3. The second kappa shape index (κ2) is 7.22. The average Bonchev–Trinajstić information content (AvgIpc) is 3.06. The molecule has 2 aromatic carbocycles. The van der Waals surface area contributed by atoms with Gasteiger partial charge in [-0.25, -0.2) is 0 Å². The van der Waals surface area contributed by atoms with E-state index in [9.17, 15) is 4.79 Å². The second-order valence-corrected chi connectivity index (χ2v) is 6.99. The third-order valence-corrected chi connectivity index (χ3v) is 5.31. The van der Waals surface area contributed by atoms with E-state index in [2.05, 4.69) is 28.5 Å². The van der Waals surface area contributed by atoms with E-state index in [1.807, 2.05) is 36.4 Å². The maximum atomic E-state index is 11.7. The van der Waals surface area contributed by atoms with Gasteiger partial charge in [0, 0.05) is 0 Å². The molecule has 0 aliphatic carbocycles. The average molecular weight is 372 g/mol. The molecule has 5 nitrogen and oxygen atoms in total. The van der Waals surface area contributed by atoms with Gasteiger partial charge in [0.15, 0.2) is 0 Å². The summed E-state index contributed by atoms with van der Waals surface area (Å²) in [4.78, 5) is 11.7. The van der Waals surface area contributed by atoms with E-state index >= 15 is 0 Å². The van der Waals surface area contributed by atoms with Crippen molar-refractivity contribution < 1.29 is 9.53 Å². The van der Waals surface area contributed by atoms with Crippen LogP contribution in [-0.4, -0.2) is 42.5 Å². The molecule has 0 aliphatic heterocycles. The van der Waals surface area contributed by atoms with Crippen LogP contribution >= 0.6 is 0 Å². The Hall–Kier alpha value is -2.43. The number of carbonyl (C=O) groups excluding carboxylic acids is 1. The summed E-state index contributed by atoms with van der Waals surface area (Å²) in [5.41, 5.74) is 1.15. The number of para-hydroxylation sites is 1. The molecular weight excluding hydrogens is 357 g/mol. The standard InChI is InChI=1S/C17H15N3O2Se/c1-2-22-17(21)14-12-20(19-18-14)15-10-6-7-11-16(15)23-13-8-4-3-5-9-13/h3-12H,2H2,1H3. The summed E-state index contributed by atoms with van der Waals surface area (Å²) in [6.45, 7) is 2.08. The van der Waals surface area contributed by atoms with E-state index < -0.39 is 5.97 Å². The normalized spacial score (nSPS) is 10.5. The molecule has 3 aromatic rings. The Bertz CT molecular complexity index is 802. The first kappa shape index (κ1) is 15.5. The fraction of sp³-hybridized carbons (Fsp3) is 0.118. The van der Waals surface area contributed by atoms with E-state index in [4.69, 9.17) is 4.74 Å². The van der Waals surface area contributed by atoms with Crippen molar-refractivity contribution in [2.24, 2.45) is 0 Å². The Morgan fingerprint density at radius 1 is 1.13 bits per heavy atom. The summed E-state index contributed by atoms with van der Waals surface area (Å²) >= 11 is 0.147. The molecule has 0 fully saturated rings. The predicted molar refractivity (Wildman–Crippen MR) is 88.8 cm³/mol. The van der Waals surface area contributed by atoms with E-state index in [0.717, 1.165) is 5.69 Å². The Labute approximate surface area is 140 Å². The molecule has 0 saturated carbocycles. The van der Waals surface area contributed by atoms with Gasteiger partial charge in [-0.2, -0.15) is 0 Å². The topological polar surface area (TPSA) is 57.0 Å². The molecule has 1 heterocycles. The number of carbonyl (C=O) groups is 1. The molecule has 0 spiro atoms. The van der Waals surface area contributed by atoms with Crippen molar-refractivity contribution in [3.8, 4) is 5.69 Å². The van der Waals surface area contributed by atoms with E-state index in [1.54, 1.807) is 17.8 Å². The van der Waals surface area contributed by atoms with E-state index in [1.165, 1.54) is 8.92 Å². The minimum absolute atomic E-state index is 0.147. The van der Waals surface area contributed by atoms with Crippen LogP contribution in [0, 0.1) is 0 Å². The fourth-order valence-electron chi connectivity index (χ4n) is 2.03. The van der Waals surface area contributed by atoms with Gasteiger partial charge in [0.05, 0.1) is 0 Å². The molecule has 3 rings (SSSR count). The Morgan fingerprint density at radius 2 is 1.87 bits per heavy atom. The number of benzene rings is 2. The molecule has 0 saturated heterocycles. The first-order valence-corrected chi connectivity index (χ1v) is 8.91. The SMILES string of the molecule is CCOC(=O)c1cn(-c2ccccc2[Se]c2ccccc2)nn1. The fourth-order valence-corrected chi connectivity index (χ4v) is 4.04. The van der Waals surface area contributed by atoms with Gasteiger partial charge < -0.3 is 0 Å². The summed E-state index contributed by atoms with van der Waals surface area (Å²) in [7, 11) is 0. The molecule has 23 heavy (non-hydrogen) atoms. The van der Waals surface area contributed by atoms with Crippen molar-refractivity contribution in [3.63, 3.8) is 0 Å². The van der Waals surface area contributed by atoms with Gasteiger partial charge >= 0.3 is 140 Å². The number of esters is 1. The molecule has 1 aromatic heterocycles. The summed E-state index contributed by atoms with van der Waals surface area (Å²) in [5, 5.41) is 7.97. The van der Waals surface area contributed by atoms with Crippen LogP contribution in [0.2, 0.25) is 0 Å². The Kier molecular flexibility index (Phi) is 4.86. The number of nitrogens with zero attached hydrogens (tertiary/aromatic N) is 3. The molecule has 0 atom stereocenters. The summed E-state index contributed by atoms with van der Waals surface area (Å²) < 4.78 is 9.03. The first-order valence-electron chi connectivity index (χ1n) is 7.19. The van der Waals surface area contributed by atoms with Crippen molar-refractivity contribution in [1.29, 1.82) is 0 Å². The van der Waals surface area contributed by atoms with Crippen LogP contribution in [0.5, 0.6) is 0 Å². The van der Waals surface area contributed by atoms with Crippen molar-refractivity contribution in [1.82, 2.24) is 15.0 Å². The van der Waals surface area contributed by atoms with Crippen molar-refractivity contribution in [3.05, 3.63) is 66.5 Å².